The summed E-state index contributed by atoms with van der Waals surface area (Å²) in [5.74, 6) is 2.58. The van der Waals surface area contributed by atoms with Crippen molar-refractivity contribution in [2.24, 2.45) is 0 Å². The topological polar surface area (TPSA) is 88.3 Å². The predicted octanol–water partition coefficient (Wildman–Crippen LogP) is 3.63. The Labute approximate surface area is 183 Å². The third-order valence-electron chi connectivity index (χ3n) is 5.35. The zero-order valence-electron chi connectivity index (χ0n) is 17.7. The maximum Gasteiger partial charge on any atom is 0.223 e. The van der Waals surface area contributed by atoms with Gasteiger partial charge in [-0.15, -0.1) is 0 Å². The van der Waals surface area contributed by atoms with Gasteiger partial charge in [0.05, 0.1) is 6.54 Å². The molecule has 0 aliphatic carbocycles. The summed E-state index contributed by atoms with van der Waals surface area (Å²) in [6, 6.07) is 22.7. The lowest BCUT2D eigenvalue weighted by Crippen LogP contribution is -2.38. The van der Waals surface area contributed by atoms with Crippen LogP contribution < -0.4 is 21.1 Å². The van der Waals surface area contributed by atoms with Gasteiger partial charge in [0.25, 0.3) is 0 Å². The minimum absolute atomic E-state index is 0.262. The molecule has 1 saturated heterocycles. The summed E-state index contributed by atoms with van der Waals surface area (Å²) in [5.41, 5.74) is 7.29. The first-order valence-corrected chi connectivity index (χ1v) is 10.8. The standard InChI is InChI=1S/C24H30N6O/c25-24-28-22(26-13-16-31-21-9-5-2-6-10-21)17-23(29-24)27-20-11-14-30(15-12-20)18-19-7-3-1-4-8-19/h1-10,17,20H,11-16,18H2,(H4,25,26,27,28,29). The highest BCUT2D eigenvalue weighted by Gasteiger charge is 2.19. The average molecular weight is 419 g/mol. The van der Waals surface area contributed by atoms with Gasteiger partial charge in [0.15, 0.2) is 0 Å². The van der Waals surface area contributed by atoms with Crippen molar-refractivity contribution in [1.29, 1.82) is 0 Å². The Morgan fingerprint density at radius 1 is 0.935 bits per heavy atom. The van der Waals surface area contributed by atoms with Crippen molar-refractivity contribution in [3.05, 3.63) is 72.3 Å². The third kappa shape index (κ3) is 6.58. The summed E-state index contributed by atoms with van der Waals surface area (Å²) in [6.45, 7) is 4.30. The van der Waals surface area contributed by atoms with Gasteiger partial charge in [-0.2, -0.15) is 9.97 Å². The minimum atomic E-state index is 0.262. The average Bonchev–Trinajstić information content (AvgIpc) is 2.79. The number of hydrogen-bond acceptors (Lipinski definition) is 7. The Morgan fingerprint density at radius 2 is 1.61 bits per heavy atom. The van der Waals surface area contributed by atoms with Crippen molar-refractivity contribution in [2.75, 3.05) is 42.6 Å². The molecule has 0 spiro atoms. The van der Waals surface area contributed by atoms with Gasteiger partial charge >= 0.3 is 0 Å². The number of ether oxygens (including phenoxy) is 1. The molecule has 31 heavy (non-hydrogen) atoms. The van der Waals surface area contributed by atoms with Crippen molar-refractivity contribution in [3.63, 3.8) is 0 Å². The molecule has 2 aromatic carbocycles. The van der Waals surface area contributed by atoms with Crippen LogP contribution in [0.25, 0.3) is 0 Å². The van der Waals surface area contributed by atoms with Crippen molar-refractivity contribution in [1.82, 2.24) is 14.9 Å². The Kier molecular flexibility index (Phi) is 7.18. The number of rotatable bonds is 9. The molecule has 0 unspecified atom stereocenters. The van der Waals surface area contributed by atoms with Crippen molar-refractivity contribution >= 4 is 17.6 Å². The second-order valence-corrected chi connectivity index (χ2v) is 7.77. The molecular formula is C24H30N6O. The number of anilines is 3. The molecule has 1 aliphatic rings. The fourth-order valence-corrected chi connectivity index (χ4v) is 3.78. The number of piperidine rings is 1. The van der Waals surface area contributed by atoms with E-state index in [-0.39, 0.29) is 5.95 Å². The molecule has 3 aromatic rings. The summed E-state index contributed by atoms with van der Waals surface area (Å²) < 4.78 is 5.70. The quantitative estimate of drug-likeness (QED) is 0.457. The van der Waals surface area contributed by atoms with E-state index in [0.717, 1.165) is 44.0 Å². The van der Waals surface area contributed by atoms with Crippen LogP contribution in [-0.4, -0.2) is 47.2 Å². The summed E-state index contributed by atoms with van der Waals surface area (Å²) >= 11 is 0. The first kappa shape index (κ1) is 20.9. The number of nitrogens with one attached hydrogen (secondary N) is 2. The van der Waals surface area contributed by atoms with Crippen LogP contribution in [0.15, 0.2) is 66.7 Å². The Morgan fingerprint density at radius 3 is 2.35 bits per heavy atom. The van der Waals surface area contributed by atoms with Gasteiger partial charge in [0.2, 0.25) is 5.95 Å². The highest BCUT2D eigenvalue weighted by atomic mass is 16.5. The number of likely N-dealkylation sites (tertiary alicyclic amines) is 1. The van der Waals surface area contributed by atoms with E-state index in [2.05, 4.69) is 55.8 Å². The van der Waals surface area contributed by atoms with Crippen LogP contribution in [0.1, 0.15) is 18.4 Å². The Balaban J connectivity index is 1.23. The lowest BCUT2D eigenvalue weighted by atomic mass is 10.0. The number of benzene rings is 2. The van der Waals surface area contributed by atoms with Gasteiger partial charge in [0, 0.05) is 31.7 Å². The molecule has 0 bridgehead atoms. The zero-order chi connectivity index (χ0) is 21.3. The van der Waals surface area contributed by atoms with Crippen molar-refractivity contribution in [2.45, 2.75) is 25.4 Å². The number of para-hydroxylation sites is 1. The zero-order valence-corrected chi connectivity index (χ0v) is 17.7. The normalized spacial score (nSPS) is 14.8. The summed E-state index contributed by atoms with van der Waals surface area (Å²) in [4.78, 5) is 11.1. The van der Waals surface area contributed by atoms with Crippen LogP contribution in [0.4, 0.5) is 17.6 Å². The molecule has 0 atom stereocenters. The van der Waals surface area contributed by atoms with Crippen LogP contribution in [0, 0.1) is 0 Å². The van der Waals surface area contributed by atoms with Crippen LogP contribution >= 0.6 is 0 Å². The van der Waals surface area contributed by atoms with E-state index < -0.39 is 0 Å². The van der Waals surface area contributed by atoms with Gasteiger partial charge in [-0.25, -0.2) is 0 Å². The Hall–Kier alpha value is -3.32. The minimum Gasteiger partial charge on any atom is -0.492 e. The first-order valence-electron chi connectivity index (χ1n) is 10.8. The van der Waals surface area contributed by atoms with Crippen LogP contribution in [0.2, 0.25) is 0 Å². The predicted molar refractivity (Wildman–Crippen MR) is 125 cm³/mol. The molecular weight excluding hydrogens is 388 g/mol. The molecule has 2 heterocycles. The number of nitrogens with zero attached hydrogens (tertiary/aromatic N) is 3. The molecule has 0 saturated carbocycles. The molecule has 1 aliphatic heterocycles. The molecule has 0 amide bonds. The monoisotopic (exact) mass is 418 g/mol. The number of hydrogen-bond donors (Lipinski definition) is 3. The largest absolute Gasteiger partial charge is 0.492 e. The van der Waals surface area contributed by atoms with Gasteiger partial charge in [0.1, 0.15) is 24.0 Å². The highest BCUT2D eigenvalue weighted by Crippen LogP contribution is 2.19. The van der Waals surface area contributed by atoms with E-state index in [9.17, 15) is 0 Å². The van der Waals surface area contributed by atoms with Crippen LogP contribution in [0.5, 0.6) is 5.75 Å². The molecule has 4 N–H and O–H groups in total. The lowest BCUT2D eigenvalue weighted by molar-refractivity contribution is 0.211. The smallest absolute Gasteiger partial charge is 0.223 e. The molecule has 162 valence electrons. The maximum atomic E-state index is 5.93. The van der Waals surface area contributed by atoms with Crippen LogP contribution in [0.3, 0.4) is 0 Å². The second-order valence-electron chi connectivity index (χ2n) is 7.77. The van der Waals surface area contributed by atoms with Crippen LogP contribution in [-0.2, 0) is 6.54 Å². The molecule has 4 rings (SSSR count). The van der Waals surface area contributed by atoms with E-state index in [1.54, 1.807) is 0 Å². The van der Waals surface area contributed by atoms with E-state index in [1.807, 2.05) is 36.4 Å². The van der Waals surface area contributed by atoms with Gasteiger partial charge in [-0.3, -0.25) is 4.90 Å². The van der Waals surface area contributed by atoms with Gasteiger partial charge < -0.3 is 21.1 Å². The highest BCUT2D eigenvalue weighted by molar-refractivity contribution is 5.51. The first-order chi connectivity index (χ1) is 15.2. The van der Waals surface area contributed by atoms with E-state index in [4.69, 9.17) is 10.5 Å². The number of nitrogen functional groups attached to an aromatic ring is 1. The molecule has 0 radical (unpaired) electrons. The fraction of sp³-hybridized carbons (Fsp3) is 0.333. The fourth-order valence-electron chi connectivity index (χ4n) is 3.78. The van der Waals surface area contributed by atoms with Gasteiger partial charge in [-0.1, -0.05) is 48.5 Å². The molecule has 7 heteroatoms. The molecule has 1 fully saturated rings. The Bertz CT molecular complexity index is 929. The van der Waals surface area contributed by atoms with E-state index >= 15 is 0 Å². The lowest BCUT2D eigenvalue weighted by Gasteiger charge is -2.32. The maximum absolute atomic E-state index is 5.93. The summed E-state index contributed by atoms with van der Waals surface area (Å²) in [7, 11) is 0. The molecule has 7 nitrogen and oxygen atoms in total. The molecule has 1 aromatic heterocycles. The third-order valence-corrected chi connectivity index (χ3v) is 5.35. The van der Waals surface area contributed by atoms with E-state index in [0.29, 0.717) is 25.0 Å². The van der Waals surface area contributed by atoms with E-state index in [1.165, 1.54) is 5.56 Å². The summed E-state index contributed by atoms with van der Waals surface area (Å²) in [6.07, 6.45) is 2.15. The van der Waals surface area contributed by atoms with Crippen molar-refractivity contribution < 1.29 is 4.74 Å². The van der Waals surface area contributed by atoms with Gasteiger partial charge in [-0.05, 0) is 30.5 Å². The second kappa shape index (κ2) is 10.6. The number of aromatic nitrogens is 2. The summed E-state index contributed by atoms with van der Waals surface area (Å²) in [5, 5.41) is 6.80. The van der Waals surface area contributed by atoms with Crippen molar-refractivity contribution in [3.8, 4) is 5.75 Å². The number of nitrogens with two attached hydrogens (primary N) is 1. The SMILES string of the molecule is Nc1nc(NCCOc2ccccc2)cc(NC2CCN(Cc3ccccc3)CC2)n1.